The third-order valence-corrected chi connectivity index (χ3v) is 0.793. The standard InChI is InChI=1S/C4H6O5/c5-3(6)4-7-1-2-8-9-4/h4H,1-2H2,(H,5,6). The second-order valence-electron chi connectivity index (χ2n) is 1.46. The van der Waals surface area contributed by atoms with E-state index in [1.165, 1.54) is 0 Å². The molecule has 1 N–H and O–H groups in total. The molecule has 1 atom stereocenters. The van der Waals surface area contributed by atoms with Crippen LogP contribution >= 0.6 is 0 Å². The predicted molar refractivity (Wildman–Crippen MR) is 24.4 cm³/mol. The van der Waals surface area contributed by atoms with Crippen molar-refractivity contribution in [2.45, 2.75) is 6.29 Å². The molecule has 0 bridgehead atoms. The molecule has 5 heteroatoms. The van der Waals surface area contributed by atoms with Crippen LogP contribution in [-0.2, 0) is 19.3 Å². The van der Waals surface area contributed by atoms with E-state index in [1.807, 2.05) is 0 Å². The van der Waals surface area contributed by atoms with Crippen molar-refractivity contribution in [2.24, 2.45) is 0 Å². The van der Waals surface area contributed by atoms with Gasteiger partial charge in [0.05, 0.1) is 6.61 Å². The summed E-state index contributed by atoms with van der Waals surface area (Å²) in [4.78, 5) is 18.6. The van der Waals surface area contributed by atoms with E-state index >= 15 is 0 Å². The molecule has 1 unspecified atom stereocenters. The first-order valence-corrected chi connectivity index (χ1v) is 2.43. The zero-order valence-corrected chi connectivity index (χ0v) is 4.57. The van der Waals surface area contributed by atoms with Crippen molar-refractivity contribution in [1.29, 1.82) is 0 Å². The molecule has 1 heterocycles. The Labute approximate surface area is 51.1 Å². The van der Waals surface area contributed by atoms with Gasteiger partial charge in [-0.05, 0) is 0 Å². The number of carboxylic acid groups (broad SMARTS) is 1. The Morgan fingerprint density at radius 3 is 2.67 bits per heavy atom. The Morgan fingerprint density at radius 1 is 1.56 bits per heavy atom. The second kappa shape index (κ2) is 2.77. The van der Waals surface area contributed by atoms with Crippen LogP contribution in [-0.4, -0.2) is 30.6 Å². The van der Waals surface area contributed by atoms with Crippen molar-refractivity contribution in [3.05, 3.63) is 0 Å². The van der Waals surface area contributed by atoms with Gasteiger partial charge < -0.3 is 9.84 Å². The van der Waals surface area contributed by atoms with Crippen molar-refractivity contribution in [2.75, 3.05) is 13.2 Å². The second-order valence-corrected chi connectivity index (χ2v) is 1.46. The van der Waals surface area contributed by atoms with E-state index in [9.17, 15) is 4.79 Å². The summed E-state index contributed by atoms with van der Waals surface area (Å²) in [5.74, 6) is -1.17. The molecule has 0 spiro atoms. The molecule has 5 nitrogen and oxygen atoms in total. The summed E-state index contributed by atoms with van der Waals surface area (Å²) in [7, 11) is 0. The van der Waals surface area contributed by atoms with Crippen molar-refractivity contribution in [3.8, 4) is 0 Å². The number of carboxylic acids is 1. The van der Waals surface area contributed by atoms with E-state index in [0.29, 0.717) is 0 Å². The monoisotopic (exact) mass is 134 g/mol. The first-order chi connectivity index (χ1) is 4.30. The Balaban J connectivity index is 2.31. The molecule has 0 saturated carbocycles. The minimum Gasteiger partial charge on any atom is -0.477 e. The van der Waals surface area contributed by atoms with Gasteiger partial charge in [0.1, 0.15) is 6.61 Å². The molecule has 1 rings (SSSR count). The van der Waals surface area contributed by atoms with Gasteiger partial charge in [0.2, 0.25) is 0 Å². The summed E-state index contributed by atoms with van der Waals surface area (Å²) in [6.07, 6.45) is -1.25. The van der Waals surface area contributed by atoms with Crippen molar-refractivity contribution in [1.82, 2.24) is 0 Å². The van der Waals surface area contributed by atoms with Crippen LogP contribution in [0.3, 0.4) is 0 Å². The molecular formula is C4H6O5. The minimum absolute atomic E-state index is 0.261. The van der Waals surface area contributed by atoms with E-state index in [-0.39, 0.29) is 13.2 Å². The van der Waals surface area contributed by atoms with E-state index in [0.717, 1.165) is 0 Å². The van der Waals surface area contributed by atoms with Gasteiger partial charge in [0.25, 0.3) is 6.29 Å². The van der Waals surface area contributed by atoms with E-state index < -0.39 is 12.3 Å². The summed E-state index contributed by atoms with van der Waals surface area (Å²) in [6, 6.07) is 0. The maximum Gasteiger partial charge on any atom is 0.364 e. The molecule has 0 aromatic heterocycles. The summed E-state index contributed by atoms with van der Waals surface area (Å²) >= 11 is 0. The largest absolute Gasteiger partial charge is 0.477 e. The van der Waals surface area contributed by atoms with Crippen molar-refractivity contribution in [3.63, 3.8) is 0 Å². The molecule has 1 fully saturated rings. The van der Waals surface area contributed by atoms with Crippen LogP contribution in [0.15, 0.2) is 0 Å². The Kier molecular flexibility index (Phi) is 1.99. The van der Waals surface area contributed by atoms with Crippen LogP contribution in [0.2, 0.25) is 0 Å². The van der Waals surface area contributed by atoms with Gasteiger partial charge in [0, 0.05) is 0 Å². The summed E-state index contributed by atoms with van der Waals surface area (Å²) in [6.45, 7) is 0.542. The molecule has 0 aromatic carbocycles. The van der Waals surface area contributed by atoms with Gasteiger partial charge in [-0.1, -0.05) is 0 Å². The quantitative estimate of drug-likeness (QED) is 0.484. The first kappa shape index (κ1) is 6.47. The number of carbonyl (C=O) groups is 1. The topological polar surface area (TPSA) is 65.0 Å². The number of hydrogen-bond donors (Lipinski definition) is 1. The molecule has 0 aliphatic carbocycles. The third kappa shape index (κ3) is 1.63. The van der Waals surface area contributed by atoms with Gasteiger partial charge in [-0.2, -0.15) is 4.89 Å². The highest BCUT2D eigenvalue weighted by Crippen LogP contribution is 2.01. The molecular weight excluding hydrogens is 128 g/mol. The average Bonchev–Trinajstić information content (AvgIpc) is 1.90. The summed E-state index contributed by atoms with van der Waals surface area (Å²) in [5.41, 5.74) is 0. The molecule has 9 heavy (non-hydrogen) atoms. The SMILES string of the molecule is O=C(O)C1OCCOO1. The van der Waals surface area contributed by atoms with Gasteiger partial charge in [0.15, 0.2) is 0 Å². The molecule has 1 aliphatic heterocycles. The van der Waals surface area contributed by atoms with Gasteiger partial charge in [-0.15, -0.1) is 0 Å². The van der Waals surface area contributed by atoms with E-state index in [1.54, 1.807) is 0 Å². The van der Waals surface area contributed by atoms with Crippen molar-refractivity contribution < 1.29 is 24.4 Å². The van der Waals surface area contributed by atoms with Gasteiger partial charge in [-0.25, -0.2) is 9.68 Å². The number of rotatable bonds is 1. The third-order valence-electron chi connectivity index (χ3n) is 0.793. The Bertz CT molecular complexity index is 106. The van der Waals surface area contributed by atoms with Crippen LogP contribution in [0.25, 0.3) is 0 Å². The molecule has 0 amide bonds. The molecule has 1 saturated heterocycles. The molecule has 0 aromatic rings. The van der Waals surface area contributed by atoms with Gasteiger partial charge >= 0.3 is 5.97 Å². The predicted octanol–water partition coefficient (Wildman–Crippen LogP) is -0.625. The summed E-state index contributed by atoms with van der Waals surface area (Å²) < 4.78 is 4.59. The fourth-order valence-corrected chi connectivity index (χ4v) is 0.439. The lowest BCUT2D eigenvalue weighted by Crippen LogP contribution is -2.33. The highest BCUT2D eigenvalue weighted by molar-refractivity contribution is 5.70. The lowest BCUT2D eigenvalue weighted by Gasteiger charge is -2.17. The number of aliphatic carboxylic acids is 1. The van der Waals surface area contributed by atoms with E-state index in [4.69, 9.17) is 5.11 Å². The first-order valence-electron chi connectivity index (χ1n) is 2.43. The number of hydrogen-bond acceptors (Lipinski definition) is 4. The van der Waals surface area contributed by atoms with Gasteiger partial charge in [-0.3, -0.25) is 0 Å². The molecule has 52 valence electrons. The lowest BCUT2D eigenvalue weighted by atomic mass is 10.6. The molecule has 0 radical (unpaired) electrons. The zero-order valence-electron chi connectivity index (χ0n) is 4.57. The Morgan fingerprint density at radius 2 is 2.33 bits per heavy atom. The van der Waals surface area contributed by atoms with Crippen LogP contribution in [0.5, 0.6) is 0 Å². The van der Waals surface area contributed by atoms with Crippen LogP contribution < -0.4 is 0 Å². The van der Waals surface area contributed by atoms with Crippen molar-refractivity contribution >= 4 is 5.97 Å². The average molecular weight is 134 g/mol. The van der Waals surface area contributed by atoms with Crippen LogP contribution in [0.1, 0.15) is 0 Å². The summed E-state index contributed by atoms with van der Waals surface area (Å²) in [5, 5.41) is 8.21. The highest BCUT2D eigenvalue weighted by Gasteiger charge is 2.22. The van der Waals surface area contributed by atoms with Crippen LogP contribution in [0, 0.1) is 0 Å². The van der Waals surface area contributed by atoms with Crippen LogP contribution in [0.4, 0.5) is 0 Å². The smallest absolute Gasteiger partial charge is 0.364 e. The minimum atomic E-state index is -1.25. The highest BCUT2D eigenvalue weighted by atomic mass is 17.2. The van der Waals surface area contributed by atoms with E-state index in [2.05, 4.69) is 14.5 Å². The fraction of sp³-hybridized carbons (Fsp3) is 0.750. The maximum absolute atomic E-state index is 10.0. The number of ether oxygens (including phenoxy) is 1. The fourth-order valence-electron chi connectivity index (χ4n) is 0.439. The normalized spacial score (nSPS) is 27.8. The molecule has 1 aliphatic rings. The maximum atomic E-state index is 10.0. The lowest BCUT2D eigenvalue weighted by molar-refractivity contribution is -0.405. The Hall–Kier alpha value is -0.650. The zero-order chi connectivity index (χ0) is 6.69.